The molecule has 9 heteroatoms. The Morgan fingerprint density at radius 1 is 0.938 bits per heavy atom. The van der Waals surface area contributed by atoms with Crippen molar-refractivity contribution >= 4 is 33.2 Å². The first kappa shape index (κ1) is 22.9. The zero-order valence-corrected chi connectivity index (χ0v) is 19.7. The molecule has 2 aliphatic heterocycles. The molecule has 0 N–H and O–H groups in total. The Labute approximate surface area is 194 Å². The van der Waals surface area contributed by atoms with E-state index in [2.05, 4.69) is 4.90 Å². The summed E-state index contributed by atoms with van der Waals surface area (Å²) in [5.41, 5.74) is 1.28. The van der Waals surface area contributed by atoms with E-state index in [1.807, 2.05) is 24.3 Å². The molecular weight excluding hydrogens is 450 g/mol. The zero-order chi connectivity index (χ0) is 22.7. The Morgan fingerprint density at radius 2 is 1.66 bits per heavy atom. The zero-order valence-electron chi connectivity index (χ0n) is 18.2. The van der Waals surface area contributed by atoms with Crippen molar-refractivity contribution in [3.63, 3.8) is 0 Å². The minimum Gasteiger partial charge on any atom is -0.496 e. The number of sulfonamides is 1. The SMILES string of the molecule is COc1ccc(S(=O)(=O)N2CCN(c3cccc(Cl)c3)CC2)cc1C(=O)N1CCCCC1. The van der Waals surface area contributed by atoms with E-state index >= 15 is 0 Å². The van der Waals surface area contributed by atoms with Crippen LogP contribution in [0, 0.1) is 0 Å². The van der Waals surface area contributed by atoms with Gasteiger partial charge in [0.2, 0.25) is 10.0 Å². The summed E-state index contributed by atoms with van der Waals surface area (Å²) in [5.74, 6) is 0.217. The maximum atomic E-state index is 13.4. The predicted octanol–water partition coefficient (Wildman–Crippen LogP) is 3.49. The van der Waals surface area contributed by atoms with E-state index in [-0.39, 0.29) is 10.8 Å². The highest BCUT2D eigenvalue weighted by molar-refractivity contribution is 7.89. The molecule has 2 aromatic carbocycles. The molecule has 4 rings (SSSR count). The second-order valence-electron chi connectivity index (χ2n) is 8.09. The van der Waals surface area contributed by atoms with Gasteiger partial charge in [0.25, 0.3) is 5.91 Å². The average molecular weight is 478 g/mol. The standard InChI is InChI=1S/C23H28ClN3O4S/c1-31-22-9-8-20(17-21(22)23(28)26-10-3-2-4-11-26)32(29,30)27-14-12-25(13-15-27)19-7-5-6-18(24)16-19/h5-9,16-17H,2-4,10-15H2,1H3. The van der Waals surface area contributed by atoms with Crippen LogP contribution in [0.25, 0.3) is 0 Å². The Bertz CT molecular complexity index is 1080. The van der Waals surface area contributed by atoms with Crippen LogP contribution in [0.1, 0.15) is 29.6 Å². The first-order valence-electron chi connectivity index (χ1n) is 10.9. The van der Waals surface area contributed by atoms with Crippen molar-refractivity contribution < 1.29 is 17.9 Å². The highest BCUT2D eigenvalue weighted by Crippen LogP contribution is 2.28. The van der Waals surface area contributed by atoms with Gasteiger partial charge in [-0.3, -0.25) is 4.79 Å². The fourth-order valence-corrected chi connectivity index (χ4v) is 5.92. The van der Waals surface area contributed by atoms with Crippen LogP contribution in [0.4, 0.5) is 5.69 Å². The summed E-state index contributed by atoms with van der Waals surface area (Å²) in [4.78, 5) is 17.1. The smallest absolute Gasteiger partial charge is 0.257 e. The van der Waals surface area contributed by atoms with Crippen molar-refractivity contribution in [2.24, 2.45) is 0 Å². The van der Waals surface area contributed by atoms with Crippen LogP contribution >= 0.6 is 11.6 Å². The van der Waals surface area contributed by atoms with Gasteiger partial charge in [-0.1, -0.05) is 17.7 Å². The summed E-state index contributed by atoms with van der Waals surface area (Å²) < 4.78 is 33.6. The van der Waals surface area contributed by atoms with E-state index in [1.165, 1.54) is 23.5 Å². The van der Waals surface area contributed by atoms with Crippen molar-refractivity contribution in [2.45, 2.75) is 24.2 Å². The molecule has 0 atom stereocenters. The molecule has 32 heavy (non-hydrogen) atoms. The van der Waals surface area contributed by atoms with Crippen LogP contribution in [0.15, 0.2) is 47.4 Å². The summed E-state index contributed by atoms with van der Waals surface area (Å²) in [5, 5.41) is 0.654. The van der Waals surface area contributed by atoms with Crippen LogP contribution in [0.2, 0.25) is 5.02 Å². The summed E-state index contributed by atoms with van der Waals surface area (Å²) in [6.45, 7) is 3.21. The highest BCUT2D eigenvalue weighted by Gasteiger charge is 2.31. The molecule has 2 aromatic rings. The molecule has 2 saturated heterocycles. The summed E-state index contributed by atoms with van der Waals surface area (Å²) in [6.07, 6.45) is 3.03. The lowest BCUT2D eigenvalue weighted by atomic mass is 10.1. The molecule has 1 amide bonds. The van der Waals surface area contributed by atoms with E-state index in [1.54, 1.807) is 11.0 Å². The first-order valence-corrected chi connectivity index (χ1v) is 12.7. The van der Waals surface area contributed by atoms with Crippen molar-refractivity contribution in [3.05, 3.63) is 53.1 Å². The van der Waals surface area contributed by atoms with Gasteiger partial charge in [-0.15, -0.1) is 0 Å². The fourth-order valence-electron chi connectivity index (χ4n) is 4.29. The Hall–Kier alpha value is -2.29. The number of anilines is 1. The second-order valence-corrected chi connectivity index (χ2v) is 10.5. The predicted molar refractivity (Wildman–Crippen MR) is 125 cm³/mol. The summed E-state index contributed by atoms with van der Waals surface area (Å²) in [7, 11) is -2.24. The number of carbonyl (C=O) groups is 1. The molecule has 0 bridgehead atoms. The molecule has 0 radical (unpaired) electrons. The molecule has 2 aliphatic rings. The van der Waals surface area contributed by atoms with Gasteiger partial charge in [-0.2, -0.15) is 4.31 Å². The fraction of sp³-hybridized carbons (Fsp3) is 0.435. The number of rotatable bonds is 5. The molecule has 0 aromatic heterocycles. The van der Waals surface area contributed by atoms with E-state index in [4.69, 9.17) is 16.3 Å². The number of amides is 1. The first-order chi connectivity index (χ1) is 15.4. The second kappa shape index (κ2) is 9.68. The third-order valence-corrected chi connectivity index (χ3v) is 8.22. The average Bonchev–Trinajstić information content (AvgIpc) is 2.83. The third-order valence-electron chi connectivity index (χ3n) is 6.09. The van der Waals surface area contributed by atoms with Gasteiger partial charge in [-0.05, 0) is 55.7 Å². The van der Waals surface area contributed by atoms with Crippen molar-refractivity contribution in [1.82, 2.24) is 9.21 Å². The molecule has 172 valence electrons. The van der Waals surface area contributed by atoms with Crippen molar-refractivity contribution in [1.29, 1.82) is 0 Å². The number of likely N-dealkylation sites (tertiary alicyclic amines) is 1. The minimum absolute atomic E-state index is 0.120. The van der Waals surface area contributed by atoms with Gasteiger partial charge in [0.05, 0.1) is 17.6 Å². The maximum absolute atomic E-state index is 13.4. The lowest BCUT2D eigenvalue weighted by molar-refractivity contribution is 0.0720. The number of methoxy groups -OCH3 is 1. The van der Waals surface area contributed by atoms with Crippen LogP contribution in [0.3, 0.4) is 0 Å². The Morgan fingerprint density at radius 3 is 2.31 bits per heavy atom. The Balaban J connectivity index is 1.53. The number of benzene rings is 2. The van der Waals surface area contributed by atoms with Gasteiger partial charge in [0, 0.05) is 50.0 Å². The van der Waals surface area contributed by atoms with E-state index in [0.717, 1.165) is 24.9 Å². The van der Waals surface area contributed by atoms with Gasteiger partial charge < -0.3 is 14.5 Å². The number of ether oxygens (including phenoxy) is 1. The van der Waals surface area contributed by atoms with Crippen molar-refractivity contribution in [2.75, 3.05) is 51.3 Å². The van der Waals surface area contributed by atoms with Gasteiger partial charge in [0.15, 0.2) is 0 Å². The normalized spacial score (nSPS) is 17.9. The van der Waals surface area contributed by atoms with Crippen LogP contribution in [0.5, 0.6) is 5.75 Å². The number of halogens is 1. The number of nitrogens with zero attached hydrogens (tertiary/aromatic N) is 3. The third kappa shape index (κ3) is 4.72. The number of hydrogen-bond donors (Lipinski definition) is 0. The molecule has 0 aliphatic carbocycles. The molecule has 0 unspecified atom stereocenters. The molecule has 2 fully saturated rings. The quantitative estimate of drug-likeness (QED) is 0.659. The maximum Gasteiger partial charge on any atom is 0.257 e. The van der Waals surface area contributed by atoms with Crippen LogP contribution in [-0.4, -0.2) is 69.9 Å². The minimum atomic E-state index is -3.73. The Kier molecular flexibility index (Phi) is 6.93. The number of carbonyl (C=O) groups excluding carboxylic acids is 1. The van der Waals surface area contributed by atoms with Gasteiger partial charge in [0.1, 0.15) is 5.75 Å². The van der Waals surface area contributed by atoms with Crippen LogP contribution in [-0.2, 0) is 10.0 Å². The monoisotopic (exact) mass is 477 g/mol. The highest BCUT2D eigenvalue weighted by atomic mass is 35.5. The lowest BCUT2D eigenvalue weighted by Gasteiger charge is -2.35. The topological polar surface area (TPSA) is 70.2 Å². The van der Waals surface area contributed by atoms with Crippen LogP contribution < -0.4 is 9.64 Å². The van der Waals surface area contributed by atoms with Crippen molar-refractivity contribution in [3.8, 4) is 5.75 Å². The van der Waals surface area contributed by atoms with E-state index < -0.39 is 10.0 Å². The summed E-state index contributed by atoms with van der Waals surface area (Å²) >= 11 is 6.09. The molecule has 2 heterocycles. The van der Waals surface area contributed by atoms with Gasteiger partial charge >= 0.3 is 0 Å². The number of piperazine rings is 1. The molecular formula is C23H28ClN3O4S. The summed E-state index contributed by atoms with van der Waals surface area (Å²) in [6, 6.07) is 12.1. The molecule has 0 saturated carbocycles. The number of hydrogen-bond acceptors (Lipinski definition) is 5. The van der Waals surface area contributed by atoms with Gasteiger partial charge in [-0.25, -0.2) is 8.42 Å². The van der Waals surface area contributed by atoms with E-state index in [9.17, 15) is 13.2 Å². The lowest BCUT2D eigenvalue weighted by Crippen LogP contribution is -2.48. The van der Waals surface area contributed by atoms with E-state index in [0.29, 0.717) is 55.6 Å². The molecule has 0 spiro atoms. The number of piperidine rings is 1. The molecule has 7 nitrogen and oxygen atoms in total. The largest absolute Gasteiger partial charge is 0.496 e.